The summed E-state index contributed by atoms with van der Waals surface area (Å²) in [4.78, 5) is 14.4. The zero-order chi connectivity index (χ0) is 14.5. The first kappa shape index (κ1) is 18.0. The van der Waals surface area contributed by atoms with Crippen LogP contribution in [0.15, 0.2) is 30.3 Å². The Morgan fingerprint density at radius 2 is 1.81 bits per heavy atom. The summed E-state index contributed by atoms with van der Waals surface area (Å²) in [5, 5.41) is 0. The third-order valence-electron chi connectivity index (χ3n) is 4.49. The van der Waals surface area contributed by atoms with Crippen molar-refractivity contribution in [1.82, 2.24) is 4.90 Å². The minimum absolute atomic E-state index is 0. The number of carbonyl (C=O) groups is 1. The van der Waals surface area contributed by atoms with Gasteiger partial charge in [-0.15, -0.1) is 12.4 Å². The van der Waals surface area contributed by atoms with Crippen LogP contribution in [0.25, 0.3) is 0 Å². The molecule has 2 N–H and O–H groups in total. The summed E-state index contributed by atoms with van der Waals surface area (Å²) in [5.41, 5.74) is 7.18. The summed E-state index contributed by atoms with van der Waals surface area (Å²) in [6.07, 6.45) is 2.69. The van der Waals surface area contributed by atoms with Crippen LogP contribution in [0.3, 0.4) is 0 Å². The molecule has 0 radical (unpaired) electrons. The summed E-state index contributed by atoms with van der Waals surface area (Å²) in [6, 6.07) is 10.5. The van der Waals surface area contributed by atoms with Crippen molar-refractivity contribution in [2.75, 3.05) is 13.1 Å². The number of carbonyl (C=O) groups excluding carboxylic acids is 1. The molecular formula is C17H27ClN2O. The molecule has 1 aromatic carbocycles. The number of nitrogens with zero attached hydrogens (tertiary/aromatic N) is 1. The Kier molecular flexibility index (Phi) is 7.20. The van der Waals surface area contributed by atoms with E-state index in [4.69, 9.17) is 5.73 Å². The predicted octanol–water partition coefficient (Wildman–Crippen LogP) is 3.19. The van der Waals surface area contributed by atoms with E-state index in [-0.39, 0.29) is 30.3 Å². The molecule has 21 heavy (non-hydrogen) atoms. The van der Waals surface area contributed by atoms with Crippen molar-refractivity contribution in [3.8, 4) is 0 Å². The first-order valence-corrected chi connectivity index (χ1v) is 7.66. The Morgan fingerprint density at radius 3 is 2.33 bits per heavy atom. The quantitative estimate of drug-likeness (QED) is 0.928. The number of benzene rings is 1. The molecule has 0 spiro atoms. The molecule has 1 aliphatic heterocycles. The molecule has 1 amide bonds. The fourth-order valence-electron chi connectivity index (χ4n) is 2.97. The second-order valence-electron chi connectivity index (χ2n) is 6.09. The van der Waals surface area contributed by atoms with E-state index in [2.05, 4.69) is 26.0 Å². The van der Waals surface area contributed by atoms with Crippen LogP contribution < -0.4 is 5.73 Å². The molecule has 1 saturated heterocycles. The van der Waals surface area contributed by atoms with Gasteiger partial charge in [-0.25, -0.2) is 0 Å². The maximum absolute atomic E-state index is 12.4. The monoisotopic (exact) mass is 310 g/mol. The van der Waals surface area contributed by atoms with E-state index in [1.165, 1.54) is 5.56 Å². The highest BCUT2D eigenvalue weighted by atomic mass is 35.5. The third-order valence-corrected chi connectivity index (χ3v) is 4.49. The van der Waals surface area contributed by atoms with Crippen molar-refractivity contribution in [3.63, 3.8) is 0 Å². The molecule has 4 heteroatoms. The lowest BCUT2D eigenvalue weighted by atomic mass is 9.90. The average Bonchev–Trinajstić information content (AvgIpc) is 2.48. The van der Waals surface area contributed by atoms with Gasteiger partial charge in [0.05, 0.1) is 0 Å². The van der Waals surface area contributed by atoms with Gasteiger partial charge in [-0.3, -0.25) is 4.79 Å². The van der Waals surface area contributed by atoms with Crippen LogP contribution in [0, 0.1) is 5.92 Å². The maximum atomic E-state index is 12.4. The van der Waals surface area contributed by atoms with Crippen LogP contribution in [0.5, 0.6) is 0 Å². The molecule has 1 heterocycles. The van der Waals surface area contributed by atoms with E-state index in [1.54, 1.807) is 0 Å². The lowest BCUT2D eigenvalue weighted by Gasteiger charge is -2.34. The Balaban J connectivity index is 0.00000220. The molecule has 0 saturated carbocycles. The zero-order valence-corrected chi connectivity index (χ0v) is 13.8. The summed E-state index contributed by atoms with van der Waals surface area (Å²) < 4.78 is 0. The number of nitrogens with two attached hydrogens (primary N) is 1. The van der Waals surface area contributed by atoms with Gasteiger partial charge >= 0.3 is 0 Å². The molecule has 0 aliphatic carbocycles. The largest absolute Gasteiger partial charge is 0.343 e. The number of halogens is 1. The van der Waals surface area contributed by atoms with Gasteiger partial charge in [0.25, 0.3) is 0 Å². The van der Waals surface area contributed by atoms with Gasteiger partial charge in [0.15, 0.2) is 0 Å². The Bertz CT molecular complexity index is 428. The molecule has 1 aliphatic rings. The first-order valence-electron chi connectivity index (χ1n) is 7.66. The van der Waals surface area contributed by atoms with E-state index in [0.717, 1.165) is 25.9 Å². The fraction of sp³-hybridized carbons (Fsp3) is 0.588. The van der Waals surface area contributed by atoms with Crippen molar-refractivity contribution >= 4 is 18.3 Å². The molecule has 1 fully saturated rings. The third kappa shape index (κ3) is 5.01. The highest BCUT2D eigenvalue weighted by molar-refractivity contribution is 5.85. The molecular weight excluding hydrogens is 284 g/mol. The molecule has 1 aromatic rings. The summed E-state index contributed by atoms with van der Waals surface area (Å²) in [5.74, 6) is 1.14. The van der Waals surface area contributed by atoms with Gasteiger partial charge in [0, 0.05) is 25.6 Å². The molecule has 3 nitrogen and oxygen atoms in total. The van der Waals surface area contributed by atoms with Crippen LogP contribution in [0.2, 0.25) is 0 Å². The van der Waals surface area contributed by atoms with Crippen molar-refractivity contribution in [1.29, 1.82) is 0 Å². The number of likely N-dealkylation sites (tertiary alicyclic amines) is 1. The van der Waals surface area contributed by atoms with Gasteiger partial charge in [0.1, 0.15) is 0 Å². The highest BCUT2D eigenvalue weighted by Crippen LogP contribution is 2.23. The van der Waals surface area contributed by atoms with E-state index in [9.17, 15) is 4.79 Å². The SMILES string of the molecule is CC(CC(=O)N1CCC(C(C)N)CC1)c1ccccc1.Cl. The standard InChI is InChI=1S/C17H26N2O.ClH/c1-13(15-6-4-3-5-7-15)12-17(20)19-10-8-16(9-11-19)14(2)18;/h3-7,13-14,16H,8-12,18H2,1-2H3;1H. The average molecular weight is 311 g/mol. The second kappa shape index (κ2) is 8.40. The molecule has 2 rings (SSSR count). The summed E-state index contributed by atoms with van der Waals surface area (Å²) >= 11 is 0. The van der Waals surface area contributed by atoms with Gasteiger partial charge in [0.2, 0.25) is 5.91 Å². The smallest absolute Gasteiger partial charge is 0.223 e. The van der Waals surface area contributed by atoms with E-state index in [1.807, 2.05) is 23.1 Å². The maximum Gasteiger partial charge on any atom is 0.223 e. The minimum Gasteiger partial charge on any atom is -0.343 e. The van der Waals surface area contributed by atoms with Crippen LogP contribution >= 0.6 is 12.4 Å². The van der Waals surface area contributed by atoms with E-state index >= 15 is 0 Å². The number of rotatable bonds is 4. The van der Waals surface area contributed by atoms with Crippen LogP contribution in [-0.2, 0) is 4.79 Å². The van der Waals surface area contributed by atoms with Gasteiger partial charge < -0.3 is 10.6 Å². The summed E-state index contributed by atoms with van der Waals surface area (Å²) in [6.45, 7) is 5.93. The molecule has 0 bridgehead atoms. The van der Waals surface area contributed by atoms with Gasteiger partial charge in [-0.1, -0.05) is 37.3 Å². The highest BCUT2D eigenvalue weighted by Gasteiger charge is 2.25. The minimum atomic E-state index is 0. The van der Waals surface area contributed by atoms with Crippen molar-refractivity contribution < 1.29 is 4.79 Å². The van der Waals surface area contributed by atoms with E-state index < -0.39 is 0 Å². The zero-order valence-electron chi connectivity index (χ0n) is 13.0. The van der Waals surface area contributed by atoms with Gasteiger partial charge in [-0.05, 0) is 37.2 Å². The van der Waals surface area contributed by atoms with Gasteiger partial charge in [-0.2, -0.15) is 0 Å². The predicted molar refractivity (Wildman–Crippen MR) is 89.7 cm³/mol. The van der Waals surface area contributed by atoms with Crippen molar-refractivity contribution in [2.45, 2.75) is 45.1 Å². The molecule has 0 aromatic heterocycles. The lowest BCUT2D eigenvalue weighted by Crippen LogP contribution is -2.42. The molecule has 2 atom stereocenters. The Labute approximate surface area is 134 Å². The summed E-state index contributed by atoms with van der Waals surface area (Å²) in [7, 11) is 0. The Morgan fingerprint density at radius 1 is 1.24 bits per heavy atom. The molecule has 118 valence electrons. The lowest BCUT2D eigenvalue weighted by molar-refractivity contribution is -0.133. The number of hydrogen-bond donors (Lipinski definition) is 1. The topological polar surface area (TPSA) is 46.3 Å². The van der Waals surface area contributed by atoms with Crippen LogP contribution in [0.1, 0.15) is 44.6 Å². The second-order valence-corrected chi connectivity index (χ2v) is 6.09. The van der Waals surface area contributed by atoms with Crippen molar-refractivity contribution in [2.24, 2.45) is 11.7 Å². The Hall–Kier alpha value is -1.06. The normalized spacial score (nSPS) is 18.7. The number of amides is 1. The van der Waals surface area contributed by atoms with Crippen LogP contribution in [-0.4, -0.2) is 29.9 Å². The van der Waals surface area contributed by atoms with Crippen molar-refractivity contribution in [3.05, 3.63) is 35.9 Å². The number of piperidine rings is 1. The van der Waals surface area contributed by atoms with E-state index in [0.29, 0.717) is 12.3 Å². The van der Waals surface area contributed by atoms with Crippen LogP contribution in [0.4, 0.5) is 0 Å². The first-order chi connectivity index (χ1) is 9.58. The number of hydrogen-bond acceptors (Lipinski definition) is 2. The molecule has 2 unspecified atom stereocenters. The fourth-order valence-corrected chi connectivity index (χ4v) is 2.97.